The van der Waals surface area contributed by atoms with E-state index in [1.165, 1.54) is 6.20 Å². The Hall–Kier alpha value is -2.27. The third-order valence-corrected chi connectivity index (χ3v) is 3.11. The first-order valence-electron chi connectivity index (χ1n) is 6.24. The fraction of sp³-hybridized carbons (Fsp3) is 0.200. The van der Waals surface area contributed by atoms with Gasteiger partial charge in [0.05, 0.1) is 19.8 Å². The second-order valence-electron chi connectivity index (χ2n) is 4.24. The predicted molar refractivity (Wildman–Crippen MR) is 80.0 cm³/mol. The van der Waals surface area contributed by atoms with Gasteiger partial charge in [-0.25, -0.2) is 4.98 Å². The molecule has 0 aliphatic heterocycles. The van der Waals surface area contributed by atoms with E-state index >= 15 is 0 Å². The van der Waals surface area contributed by atoms with Crippen LogP contribution in [0.1, 0.15) is 15.9 Å². The van der Waals surface area contributed by atoms with E-state index in [0.717, 1.165) is 5.56 Å². The number of hydrogen-bond acceptors (Lipinski definition) is 4. The van der Waals surface area contributed by atoms with Crippen LogP contribution in [0.5, 0.6) is 11.5 Å². The summed E-state index contributed by atoms with van der Waals surface area (Å²) in [7, 11) is 3.15. The molecule has 1 aromatic heterocycles. The number of pyridine rings is 1. The lowest BCUT2D eigenvalue weighted by atomic mass is 10.2. The zero-order valence-electron chi connectivity index (χ0n) is 11.7. The maximum absolute atomic E-state index is 12.0. The standard InChI is InChI=1S/C15H15ClN2O3/c1-20-12-5-3-10(7-13(12)21-2)8-18-15(19)11-4-6-14(16)17-9-11/h3-7,9H,8H2,1-2H3,(H,18,19). The molecule has 0 atom stereocenters. The van der Waals surface area contributed by atoms with Crippen LogP contribution in [0.2, 0.25) is 5.15 Å². The molecule has 1 N–H and O–H groups in total. The van der Waals surface area contributed by atoms with Crippen LogP contribution >= 0.6 is 11.6 Å². The predicted octanol–water partition coefficient (Wildman–Crippen LogP) is 2.68. The molecule has 0 radical (unpaired) electrons. The zero-order valence-corrected chi connectivity index (χ0v) is 12.5. The van der Waals surface area contributed by atoms with E-state index in [0.29, 0.717) is 28.8 Å². The number of nitrogens with zero attached hydrogens (tertiary/aromatic N) is 1. The van der Waals surface area contributed by atoms with Crippen molar-refractivity contribution in [3.63, 3.8) is 0 Å². The third-order valence-electron chi connectivity index (χ3n) is 2.89. The van der Waals surface area contributed by atoms with Crippen LogP contribution in [0.3, 0.4) is 0 Å². The van der Waals surface area contributed by atoms with Crippen LogP contribution in [0.4, 0.5) is 0 Å². The molecule has 21 heavy (non-hydrogen) atoms. The van der Waals surface area contributed by atoms with Crippen molar-refractivity contribution in [3.05, 3.63) is 52.8 Å². The largest absolute Gasteiger partial charge is 0.493 e. The molecule has 110 valence electrons. The lowest BCUT2D eigenvalue weighted by Crippen LogP contribution is -2.22. The zero-order chi connectivity index (χ0) is 15.2. The average molecular weight is 307 g/mol. The third kappa shape index (κ3) is 3.86. The number of rotatable bonds is 5. The monoisotopic (exact) mass is 306 g/mol. The van der Waals surface area contributed by atoms with Crippen LogP contribution in [0.15, 0.2) is 36.5 Å². The van der Waals surface area contributed by atoms with Gasteiger partial charge < -0.3 is 14.8 Å². The number of ether oxygens (including phenoxy) is 2. The first-order valence-corrected chi connectivity index (χ1v) is 6.62. The highest BCUT2D eigenvalue weighted by atomic mass is 35.5. The molecule has 6 heteroatoms. The van der Waals surface area contributed by atoms with Crippen molar-refractivity contribution < 1.29 is 14.3 Å². The van der Waals surface area contributed by atoms with Gasteiger partial charge in [0, 0.05) is 12.7 Å². The smallest absolute Gasteiger partial charge is 0.253 e. The molecule has 0 unspecified atom stereocenters. The van der Waals surface area contributed by atoms with Crippen LogP contribution in [-0.4, -0.2) is 25.1 Å². The van der Waals surface area contributed by atoms with E-state index in [1.807, 2.05) is 12.1 Å². The Morgan fingerprint density at radius 3 is 2.57 bits per heavy atom. The molecule has 0 aliphatic carbocycles. The fourth-order valence-corrected chi connectivity index (χ4v) is 1.90. The molecule has 0 spiro atoms. The Labute approximate surface area is 127 Å². The molecular weight excluding hydrogens is 292 g/mol. The number of halogens is 1. The summed E-state index contributed by atoms with van der Waals surface area (Å²) in [6.07, 6.45) is 1.44. The molecule has 0 saturated carbocycles. The lowest BCUT2D eigenvalue weighted by Gasteiger charge is -2.10. The Morgan fingerprint density at radius 2 is 1.95 bits per heavy atom. The first-order chi connectivity index (χ1) is 10.1. The van der Waals surface area contributed by atoms with Crippen LogP contribution in [0, 0.1) is 0 Å². The molecule has 0 bridgehead atoms. The molecule has 0 aliphatic rings. The van der Waals surface area contributed by atoms with Gasteiger partial charge in [0.15, 0.2) is 11.5 Å². The number of aromatic nitrogens is 1. The Morgan fingerprint density at radius 1 is 1.19 bits per heavy atom. The van der Waals surface area contributed by atoms with Gasteiger partial charge in [-0.3, -0.25) is 4.79 Å². The molecule has 1 aromatic carbocycles. The van der Waals surface area contributed by atoms with E-state index in [1.54, 1.807) is 32.4 Å². The maximum atomic E-state index is 12.0. The van der Waals surface area contributed by atoms with Crippen molar-refractivity contribution in [1.29, 1.82) is 0 Å². The van der Waals surface area contributed by atoms with E-state index < -0.39 is 0 Å². The van der Waals surface area contributed by atoms with Crippen molar-refractivity contribution in [3.8, 4) is 11.5 Å². The molecule has 1 amide bonds. The topological polar surface area (TPSA) is 60.5 Å². The average Bonchev–Trinajstić information content (AvgIpc) is 2.52. The summed E-state index contributed by atoms with van der Waals surface area (Å²) >= 11 is 5.68. The highest BCUT2D eigenvalue weighted by Gasteiger charge is 2.08. The highest BCUT2D eigenvalue weighted by Crippen LogP contribution is 2.27. The number of carbonyl (C=O) groups excluding carboxylic acids is 1. The van der Waals surface area contributed by atoms with Crippen LogP contribution < -0.4 is 14.8 Å². The number of nitrogens with one attached hydrogen (secondary N) is 1. The normalized spacial score (nSPS) is 10.0. The summed E-state index contributed by atoms with van der Waals surface area (Å²) in [5.74, 6) is 1.06. The summed E-state index contributed by atoms with van der Waals surface area (Å²) in [4.78, 5) is 15.8. The minimum absolute atomic E-state index is 0.214. The summed E-state index contributed by atoms with van der Waals surface area (Å²) in [6.45, 7) is 0.377. The molecule has 2 rings (SSSR count). The molecule has 2 aromatic rings. The molecule has 0 fully saturated rings. The summed E-state index contributed by atoms with van der Waals surface area (Å²) in [5.41, 5.74) is 1.36. The van der Waals surface area contributed by atoms with Crippen LogP contribution in [-0.2, 0) is 6.54 Å². The van der Waals surface area contributed by atoms with Crippen molar-refractivity contribution in [2.24, 2.45) is 0 Å². The van der Waals surface area contributed by atoms with E-state index in [2.05, 4.69) is 10.3 Å². The van der Waals surface area contributed by atoms with Gasteiger partial charge in [-0.1, -0.05) is 17.7 Å². The first kappa shape index (κ1) is 15.1. The van der Waals surface area contributed by atoms with Gasteiger partial charge in [-0.15, -0.1) is 0 Å². The second-order valence-corrected chi connectivity index (χ2v) is 4.63. The van der Waals surface area contributed by atoms with Gasteiger partial charge in [-0.05, 0) is 29.8 Å². The number of amides is 1. The molecule has 1 heterocycles. The Bertz CT molecular complexity index is 629. The maximum Gasteiger partial charge on any atom is 0.253 e. The number of carbonyl (C=O) groups is 1. The summed E-state index contributed by atoms with van der Waals surface area (Å²) in [6, 6.07) is 8.68. The van der Waals surface area contributed by atoms with Gasteiger partial charge in [-0.2, -0.15) is 0 Å². The lowest BCUT2D eigenvalue weighted by molar-refractivity contribution is 0.0950. The van der Waals surface area contributed by atoms with E-state index in [9.17, 15) is 4.79 Å². The van der Waals surface area contributed by atoms with Crippen molar-refractivity contribution >= 4 is 17.5 Å². The molecule has 5 nitrogen and oxygen atoms in total. The highest BCUT2D eigenvalue weighted by molar-refractivity contribution is 6.29. The van der Waals surface area contributed by atoms with Gasteiger partial charge in [0.1, 0.15) is 5.15 Å². The summed E-state index contributed by atoms with van der Waals surface area (Å²) in [5, 5.41) is 3.16. The Balaban J connectivity index is 2.02. The molecule has 0 saturated heterocycles. The van der Waals surface area contributed by atoms with Gasteiger partial charge >= 0.3 is 0 Å². The minimum atomic E-state index is -0.214. The van der Waals surface area contributed by atoms with Crippen LogP contribution in [0.25, 0.3) is 0 Å². The fourth-order valence-electron chi connectivity index (χ4n) is 1.79. The minimum Gasteiger partial charge on any atom is -0.493 e. The van der Waals surface area contributed by atoms with Gasteiger partial charge in [0.25, 0.3) is 5.91 Å². The second kappa shape index (κ2) is 6.95. The van der Waals surface area contributed by atoms with Gasteiger partial charge in [0.2, 0.25) is 0 Å². The Kier molecular flexibility index (Phi) is 5.00. The van der Waals surface area contributed by atoms with Crippen molar-refractivity contribution in [2.45, 2.75) is 6.54 Å². The SMILES string of the molecule is COc1ccc(CNC(=O)c2ccc(Cl)nc2)cc1OC. The number of hydrogen-bond donors (Lipinski definition) is 1. The van der Waals surface area contributed by atoms with E-state index in [4.69, 9.17) is 21.1 Å². The van der Waals surface area contributed by atoms with Crippen molar-refractivity contribution in [2.75, 3.05) is 14.2 Å². The van der Waals surface area contributed by atoms with E-state index in [-0.39, 0.29) is 5.91 Å². The van der Waals surface area contributed by atoms with Crippen molar-refractivity contribution in [1.82, 2.24) is 10.3 Å². The number of methoxy groups -OCH3 is 2. The number of benzene rings is 1. The molecular formula is C15H15ClN2O3. The quantitative estimate of drug-likeness (QED) is 0.863. The summed E-state index contributed by atoms with van der Waals surface area (Å²) < 4.78 is 10.4.